The Bertz CT molecular complexity index is 422. The van der Waals surface area contributed by atoms with E-state index in [2.05, 4.69) is 30.4 Å². The molecule has 0 aliphatic carbocycles. The zero-order chi connectivity index (χ0) is 13.1. The molecule has 0 unspecified atom stereocenters. The Morgan fingerprint density at radius 1 is 1.53 bits per heavy atom. The first-order valence-electron chi connectivity index (χ1n) is 4.42. The van der Waals surface area contributed by atoms with Gasteiger partial charge in [-0.2, -0.15) is 0 Å². The number of hydrogen-bond donors (Lipinski definition) is 0. The Morgan fingerprint density at radius 3 is 2.71 bits per heavy atom. The molecule has 4 nitrogen and oxygen atoms in total. The first-order valence-corrected chi connectivity index (χ1v) is 5.22. The topological polar surface area (TPSA) is 48.4 Å². The Hall–Kier alpha value is -1.31. The fourth-order valence-electron chi connectivity index (χ4n) is 0.971. The molecule has 17 heavy (non-hydrogen) atoms. The number of alkyl halides is 3. The molecule has 0 aliphatic heterocycles. The summed E-state index contributed by atoms with van der Waals surface area (Å²) in [6.07, 6.45) is -3.81. The number of aromatic nitrogens is 1. The highest BCUT2D eigenvalue weighted by Gasteiger charge is 2.33. The van der Waals surface area contributed by atoms with Crippen LogP contribution < -0.4 is 4.74 Å². The normalized spacial score (nSPS) is 11.1. The molecule has 0 N–H and O–H groups in total. The van der Waals surface area contributed by atoms with E-state index in [1.54, 1.807) is 6.92 Å². The van der Waals surface area contributed by atoms with E-state index in [1.165, 1.54) is 0 Å². The zero-order valence-electron chi connectivity index (χ0n) is 8.55. The number of hydrogen-bond acceptors (Lipinski definition) is 4. The molecule has 0 radical (unpaired) electrons. The lowest BCUT2D eigenvalue weighted by atomic mass is 10.3. The Kier molecular flexibility index (Phi) is 4.33. The third-order valence-corrected chi connectivity index (χ3v) is 2.31. The largest absolute Gasteiger partial charge is 0.573 e. The zero-order valence-corrected chi connectivity index (χ0v) is 10.1. The van der Waals surface area contributed by atoms with Gasteiger partial charge in [-0.3, -0.25) is 0 Å². The summed E-state index contributed by atoms with van der Waals surface area (Å²) in [5.41, 5.74) is -0.270. The van der Waals surface area contributed by atoms with Crippen LogP contribution in [0.4, 0.5) is 13.2 Å². The summed E-state index contributed by atoms with van der Waals surface area (Å²) < 4.78 is 44.2. The van der Waals surface area contributed by atoms with Crippen LogP contribution in [-0.4, -0.2) is 23.9 Å². The predicted molar refractivity (Wildman–Crippen MR) is 54.6 cm³/mol. The minimum absolute atomic E-state index is 0.0946. The number of esters is 1. The molecule has 0 saturated heterocycles. The number of halogens is 4. The van der Waals surface area contributed by atoms with Crippen molar-refractivity contribution in [2.75, 3.05) is 6.61 Å². The Labute approximate surface area is 103 Å². The van der Waals surface area contributed by atoms with Crippen LogP contribution in [0.15, 0.2) is 16.7 Å². The van der Waals surface area contributed by atoms with Crippen molar-refractivity contribution in [2.24, 2.45) is 0 Å². The van der Waals surface area contributed by atoms with E-state index < -0.39 is 18.1 Å². The molecule has 1 heterocycles. The van der Waals surface area contributed by atoms with Gasteiger partial charge in [0.15, 0.2) is 5.69 Å². The molecule has 0 aliphatic rings. The molecule has 0 saturated carbocycles. The van der Waals surface area contributed by atoms with E-state index in [-0.39, 0.29) is 16.8 Å². The Balaban J connectivity index is 3.03. The van der Waals surface area contributed by atoms with Gasteiger partial charge in [-0.05, 0) is 22.9 Å². The smallest absolute Gasteiger partial charge is 0.461 e. The third kappa shape index (κ3) is 3.88. The molecular formula is C9H7BrF3NO3. The van der Waals surface area contributed by atoms with Crippen LogP contribution in [0.3, 0.4) is 0 Å². The van der Waals surface area contributed by atoms with E-state index in [4.69, 9.17) is 0 Å². The van der Waals surface area contributed by atoms with E-state index in [9.17, 15) is 18.0 Å². The first-order chi connectivity index (χ1) is 7.85. The van der Waals surface area contributed by atoms with Gasteiger partial charge in [-0.1, -0.05) is 0 Å². The summed E-state index contributed by atoms with van der Waals surface area (Å²) in [5, 5.41) is 0. The van der Waals surface area contributed by atoms with Gasteiger partial charge in [0, 0.05) is 12.3 Å². The van der Waals surface area contributed by atoms with E-state index >= 15 is 0 Å². The first kappa shape index (κ1) is 13.8. The van der Waals surface area contributed by atoms with Crippen molar-refractivity contribution < 1.29 is 27.4 Å². The van der Waals surface area contributed by atoms with Crippen molar-refractivity contribution in [3.05, 3.63) is 22.4 Å². The summed E-state index contributed by atoms with van der Waals surface area (Å²) in [6.45, 7) is 1.67. The van der Waals surface area contributed by atoms with Crippen molar-refractivity contribution in [3.8, 4) is 5.75 Å². The van der Waals surface area contributed by atoms with Crippen molar-refractivity contribution in [1.82, 2.24) is 4.98 Å². The standard InChI is InChI=1S/C9H7BrF3NO3/c1-2-16-8(15)7-6(10)5(3-4-14-7)17-9(11,12)13/h3-4H,2H2,1H3. The fourth-order valence-corrected chi connectivity index (χ4v) is 1.45. The second-order valence-electron chi connectivity index (χ2n) is 2.74. The number of carbonyl (C=O) groups is 1. The fraction of sp³-hybridized carbons (Fsp3) is 0.333. The van der Waals surface area contributed by atoms with Crippen molar-refractivity contribution >= 4 is 21.9 Å². The summed E-state index contributed by atoms with van der Waals surface area (Å²) in [5.74, 6) is -1.37. The number of rotatable bonds is 3. The Morgan fingerprint density at radius 2 is 2.18 bits per heavy atom. The molecule has 0 aromatic carbocycles. The van der Waals surface area contributed by atoms with Gasteiger partial charge in [0.2, 0.25) is 0 Å². The van der Waals surface area contributed by atoms with Gasteiger partial charge in [0.1, 0.15) is 5.75 Å². The maximum Gasteiger partial charge on any atom is 0.573 e. The van der Waals surface area contributed by atoms with Crippen LogP contribution in [0.2, 0.25) is 0 Å². The SMILES string of the molecule is CCOC(=O)c1nccc(OC(F)(F)F)c1Br. The lowest BCUT2D eigenvalue weighted by Crippen LogP contribution is -2.18. The van der Waals surface area contributed by atoms with Crippen molar-refractivity contribution in [1.29, 1.82) is 0 Å². The molecule has 1 aromatic rings. The number of nitrogens with zero attached hydrogens (tertiary/aromatic N) is 1. The predicted octanol–water partition coefficient (Wildman–Crippen LogP) is 2.92. The van der Waals surface area contributed by atoms with Gasteiger partial charge in [0.05, 0.1) is 11.1 Å². The average Bonchev–Trinajstić information content (AvgIpc) is 2.19. The van der Waals surface area contributed by atoms with Crippen molar-refractivity contribution in [2.45, 2.75) is 13.3 Å². The van der Waals surface area contributed by atoms with Gasteiger partial charge >= 0.3 is 12.3 Å². The molecule has 0 bridgehead atoms. The third-order valence-electron chi connectivity index (χ3n) is 1.55. The van der Waals surface area contributed by atoms with E-state index in [0.29, 0.717) is 0 Å². The summed E-state index contributed by atoms with van der Waals surface area (Å²) in [4.78, 5) is 15.0. The lowest BCUT2D eigenvalue weighted by molar-refractivity contribution is -0.274. The van der Waals surface area contributed by atoms with E-state index in [1.807, 2.05) is 0 Å². The summed E-state index contributed by atoms with van der Waals surface area (Å²) >= 11 is 2.82. The van der Waals surface area contributed by atoms with Gasteiger partial charge < -0.3 is 9.47 Å². The van der Waals surface area contributed by atoms with Crippen LogP contribution in [0.1, 0.15) is 17.4 Å². The van der Waals surface area contributed by atoms with Crippen LogP contribution in [0.5, 0.6) is 5.75 Å². The van der Waals surface area contributed by atoms with Crippen LogP contribution >= 0.6 is 15.9 Å². The average molecular weight is 314 g/mol. The molecule has 1 aromatic heterocycles. The second-order valence-corrected chi connectivity index (χ2v) is 3.53. The quantitative estimate of drug-likeness (QED) is 0.805. The van der Waals surface area contributed by atoms with Gasteiger partial charge in [0.25, 0.3) is 0 Å². The highest BCUT2D eigenvalue weighted by atomic mass is 79.9. The van der Waals surface area contributed by atoms with Crippen LogP contribution in [0.25, 0.3) is 0 Å². The molecule has 0 fully saturated rings. The number of carbonyl (C=O) groups excluding carboxylic acids is 1. The minimum Gasteiger partial charge on any atom is -0.461 e. The summed E-state index contributed by atoms with van der Waals surface area (Å²) in [6, 6.07) is 0.986. The maximum absolute atomic E-state index is 12.0. The molecular weight excluding hydrogens is 307 g/mol. The minimum atomic E-state index is -4.84. The number of pyridine rings is 1. The van der Waals surface area contributed by atoms with Gasteiger partial charge in [-0.15, -0.1) is 13.2 Å². The molecule has 94 valence electrons. The van der Waals surface area contributed by atoms with Crippen molar-refractivity contribution in [3.63, 3.8) is 0 Å². The van der Waals surface area contributed by atoms with Crippen LogP contribution in [-0.2, 0) is 4.74 Å². The molecule has 1 rings (SSSR count). The highest BCUT2D eigenvalue weighted by Crippen LogP contribution is 2.31. The lowest BCUT2D eigenvalue weighted by Gasteiger charge is -2.11. The van der Waals surface area contributed by atoms with Gasteiger partial charge in [-0.25, -0.2) is 9.78 Å². The second kappa shape index (κ2) is 5.35. The maximum atomic E-state index is 12.0. The molecule has 8 heteroatoms. The molecule has 0 spiro atoms. The molecule has 0 atom stereocenters. The van der Waals surface area contributed by atoms with E-state index in [0.717, 1.165) is 12.3 Å². The number of ether oxygens (including phenoxy) is 2. The molecule has 0 amide bonds. The monoisotopic (exact) mass is 313 g/mol. The van der Waals surface area contributed by atoms with Crippen LogP contribution in [0, 0.1) is 0 Å². The highest BCUT2D eigenvalue weighted by molar-refractivity contribution is 9.10. The summed E-state index contributed by atoms with van der Waals surface area (Å²) in [7, 11) is 0.